The average molecular weight is 229 g/mol. The summed E-state index contributed by atoms with van der Waals surface area (Å²) < 4.78 is 11.0. The molecule has 1 aliphatic carbocycles. The van der Waals surface area contributed by atoms with Gasteiger partial charge in [0.2, 0.25) is 0 Å². The second-order valence-corrected chi connectivity index (χ2v) is 4.73. The summed E-state index contributed by atoms with van der Waals surface area (Å²) in [6.45, 7) is 1.29. The summed E-state index contributed by atoms with van der Waals surface area (Å²) >= 11 is 0. The molecule has 1 heterocycles. The lowest BCUT2D eigenvalue weighted by Gasteiger charge is -2.24. The van der Waals surface area contributed by atoms with E-state index in [1.54, 1.807) is 0 Å². The first-order valence-electron chi connectivity index (χ1n) is 6.07. The Morgan fingerprint density at radius 3 is 2.82 bits per heavy atom. The van der Waals surface area contributed by atoms with Crippen LogP contribution in [-0.4, -0.2) is 19.5 Å². The van der Waals surface area contributed by atoms with Crippen molar-refractivity contribution in [3.63, 3.8) is 0 Å². The van der Waals surface area contributed by atoms with Gasteiger partial charge in [0.15, 0.2) is 6.29 Å². The Labute approximate surface area is 101 Å². The number of fused-ring (bicyclic) bond motifs is 1. The van der Waals surface area contributed by atoms with E-state index >= 15 is 0 Å². The molecule has 1 aromatic carbocycles. The van der Waals surface area contributed by atoms with Crippen LogP contribution in [0.1, 0.15) is 24.0 Å². The van der Waals surface area contributed by atoms with Gasteiger partial charge in [-0.05, 0) is 24.0 Å². The van der Waals surface area contributed by atoms with Crippen LogP contribution in [0.4, 0.5) is 0 Å². The number of nitrogens with zero attached hydrogens (tertiary/aromatic N) is 1. The molecule has 88 valence electrons. The van der Waals surface area contributed by atoms with Gasteiger partial charge in [0, 0.05) is 6.42 Å². The third-order valence-corrected chi connectivity index (χ3v) is 3.77. The Bertz CT molecular complexity index is 460. The molecule has 0 bridgehead atoms. The van der Waals surface area contributed by atoms with Crippen molar-refractivity contribution in [2.24, 2.45) is 0 Å². The molecule has 0 radical (unpaired) electrons. The smallest absolute Gasteiger partial charge is 0.159 e. The highest BCUT2D eigenvalue weighted by atomic mass is 16.7. The van der Waals surface area contributed by atoms with Gasteiger partial charge in [0.05, 0.1) is 24.7 Å². The number of benzene rings is 1. The molecule has 2 aliphatic rings. The molecular formula is C14H15NO2. The fourth-order valence-electron chi connectivity index (χ4n) is 2.87. The first-order chi connectivity index (χ1) is 8.34. The van der Waals surface area contributed by atoms with E-state index in [2.05, 4.69) is 18.2 Å². The first kappa shape index (κ1) is 10.8. The van der Waals surface area contributed by atoms with Gasteiger partial charge in [-0.3, -0.25) is 0 Å². The fraction of sp³-hybridized carbons (Fsp3) is 0.500. The SMILES string of the molecule is N#CC1(CC2OCCO2)CCc2ccccc21. The first-order valence-corrected chi connectivity index (χ1v) is 6.07. The van der Waals surface area contributed by atoms with E-state index in [-0.39, 0.29) is 6.29 Å². The molecule has 0 spiro atoms. The Morgan fingerprint density at radius 2 is 2.06 bits per heavy atom. The van der Waals surface area contributed by atoms with Crippen LogP contribution in [0.3, 0.4) is 0 Å². The molecule has 0 aromatic heterocycles. The van der Waals surface area contributed by atoms with Crippen LogP contribution in [0, 0.1) is 11.3 Å². The van der Waals surface area contributed by atoms with E-state index in [9.17, 15) is 5.26 Å². The minimum atomic E-state index is -0.411. The molecule has 0 saturated carbocycles. The Kier molecular flexibility index (Phi) is 2.62. The molecule has 1 unspecified atom stereocenters. The standard InChI is InChI=1S/C14H15NO2/c15-10-14(9-13-16-7-8-17-13)6-5-11-3-1-2-4-12(11)14/h1-4,13H,5-9H2. The van der Waals surface area contributed by atoms with Gasteiger partial charge in [-0.15, -0.1) is 0 Å². The van der Waals surface area contributed by atoms with Crippen LogP contribution in [-0.2, 0) is 21.3 Å². The third-order valence-electron chi connectivity index (χ3n) is 3.77. The van der Waals surface area contributed by atoms with Gasteiger partial charge >= 0.3 is 0 Å². The highest BCUT2D eigenvalue weighted by Crippen LogP contribution is 2.42. The van der Waals surface area contributed by atoms with Crippen LogP contribution >= 0.6 is 0 Å². The lowest BCUT2D eigenvalue weighted by atomic mass is 9.80. The van der Waals surface area contributed by atoms with Crippen LogP contribution in [0.5, 0.6) is 0 Å². The largest absolute Gasteiger partial charge is 0.350 e. The van der Waals surface area contributed by atoms with E-state index in [4.69, 9.17) is 9.47 Å². The van der Waals surface area contributed by atoms with Crippen molar-refractivity contribution in [1.82, 2.24) is 0 Å². The van der Waals surface area contributed by atoms with E-state index in [1.165, 1.54) is 11.1 Å². The minimum Gasteiger partial charge on any atom is -0.350 e. The molecule has 3 rings (SSSR count). The van der Waals surface area contributed by atoms with E-state index in [0.29, 0.717) is 19.6 Å². The Morgan fingerprint density at radius 1 is 1.29 bits per heavy atom. The van der Waals surface area contributed by atoms with Crippen molar-refractivity contribution in [3.8, 4) is 6.07 Å². The molecule has 1 aliphatic heterocycles. The highest BCUT2D eigenvalue weighted by Gasteiger charge is 2.41. The Balaban J connectivity index is 1.91. The normalized spacial score (nSPS) is 27.9. The second-order valence-electron chi connectivity index (χ2n) is 4.73. The molecule has 1 atom stereocenters. The maximum atomic E-state index is 9.56. The quantitative estimate of drug-likeness (QED) is 0.780. The number of hydrogen-bond donors (Lipinski definition) is 0. The summed E-state index contributed by atoms with van der Waals surface area (Å²) in [7, 11) is 0. The van der Waals surface area contributed by atoms with Gasteiger partial charge in [-0.1, -0.05) is 24.3 Å². The van der Waals surface area contributed by atoms with Crippen LogP contribution < -0.4 is 0 Å². The van der Waals surface area contributed by atoms with Gasteiger partial charge in [-0.2, -0.15) is 5.26 Å². The highest BCUT2D eigenvalue weighted by molar-refractivity contribution is 5.44. The van der Waals surface area contributed by atoms with Crippen molar-refractivity contribution >= 4 is 0 Å². The monoisotopic (exact) mass is 229 g/mol. The molecule has 17 heavy (non-hydrogen) atoms. The predicted molar refractivity (Wildman–Crippen MR) is 62.4 cm³/mol. The van der Waals surface area contributed by atoms with Crippen LogP contribution in [0.15, 0.2) is 24.3 Å². The molecule has 0 N–H and O–H groups in total. The van der Waals surface area contributed by atoms with Crippen molar-refractivity contribution in [2.45, 2.75) is 31.0 Å². The van der Waals surface area contributed by atoms with Crippen LogP contribution in [0.2, 0.25) is 0 Å². The molecular weight excluding hydrogens is 214 g/mol. The maximum absolute atomic E-state index is 9.56. The zero-order valence-corrected chi connectivity index (χ0v) is 9.69. The molecule has 1 aromatic rings. The van der Waals surface area contributed by atoms with Gasteiger partial charge < -0.3 is 9.47 Å². The van der Waals surface area contributed by atoms with Gasteiger partial charge in [-0.25, -0.2) is 0 Å². The summed E-state index contributed by atoms with van der Waals surface area (Å²) in [4.78, 5) is 0. The third kappa shape index (κ3) is 1.74. The van der Waals surface area contributed by atoms with E-state index < -0.39 is 5.41 Å². The van der Waals surface area contributed by atoms with Crippen molar-refractivity contribution in [3.05, 3.63) is 35.4 Å². The number of hydrogen-bond acceptors (Lipinski definition) is 3. The minimum absolute atomic E-state index is 0.208. The lowest BCUT2D eigenvalue weighted by molar-refractivity contribution is -0.0565. The molecule has 1 saturated heterocycles. The predicted octanol–water partition coefficient (Wildman–Crippen LogP) is 2.16. The summed E-state index contributed by atoms with van der Waals surface area (Å²) in [5, 5.41) is 9.56. The summed E-state index contributed by atoms with van der Waals surface area (Å²) in [5.74, 6) is 0. The summed E-state index contributed by atoms with van der Waals surface area (Å²) in [6, 6.07) is 10.7. The van der Waals surface area contributed by atoms with Crippen molar-refractivity contribution in [1.29, 1.82) is 5.26 Å². The van der Waals surface area contributed by atoms with Crippen LogP contribution in [0.25, 0.3) is 0 Å². The number of nitriles is 1. The summed E-state index contributed by atoms with van der Waals surface area (Å²) in [5.41, 5.74) is 2.06. The van der Waals surface area contributed by atoms with E-state index in [1.807, 2.05) is 12.1 Å². The topological polar surface area (TPSA) is 42.2 Å². The second kappa shape index (κ2) is 4.14. The Hall–Kier alpha value is -1.37. The molecule has 3 heteroatoms. The zero-order valence-electron chi connectivity index (χ0n) is 9.69. The molecule has 1 fully saturated rings. The van der Waals surface area contributed by atoms with Crippen molar-refractivity contribution < 1.29 is 9.47 Å². The van der Waals surface area contributed by atoms with E-state index in [0.717, 1.165) is 12.8 Å². The van der Waals surface area contributed by atoms with Crippen molar-refractivity contribution in [2.75, 3.05) is 13.2 Å². The average Bonchev–Trinajstić information content (AvgIpc) is 2.99. The lowest BCUT2D eigenvalue weighted by Crippen LogP contribution is -2.27. The fourth-order valence-corrected chi connectivity index (χ4v) is 2.87. The number of aryl methyl sites for hydroxylation is 1. The molecule has 0 amide bonds. The van der Waals surface area contributed by atoms with Gasteiger partial charge in [0.25, 0.3) is 0 Å². The maximum Gasteiger partial charge on any atom is 0.159 e. The number of ether oxygens (including phenoxy) is 2. The number of rotatable bonds is 2. The summed E-state index contributed by atoms with van der Waals surface area (Å²) in [6.07, 6.45) is 2.31. The van der Waals surface area contributed by atoms with Gasteiger partial charge in [0.1, 0.15) is 0 Å². The molecule has 3 nitrogen and oxygen atoms in total. The zero-order chi connectivity index (χ0) is 11.7.